The number of hydrogen-bond acceptors (Lipinski definition) is 5. The third kappa shape index (κ3) is 20.1. The van der Waals surface area contributed by atoms with E-state index in [0.717, 1.165) is 0 Å². The Balaban J connectivity index is -0.000000234. The summed E-state index contributed by atoms with van der Waals surface area (Å²) in [4.78, 5) is 30.4. The van der Waals surface area contributed by atoms with Crippen molar-refractivity contribution < 1.29 is 23.9 Å². The molecule has 0 atom stereocenters. The minimum Gasteiger partial charge on any atom is -0.466 e. The summed E-state index contributed by atoms with van der Waals surface area (Å²) in [6.45, 7) is 17.0. The van der Waals surface area contributed by atoms with Crippen LogP contribution in [0, 0.1) is 0 Å². The van der Waals surface area contributed by atoms with Gasteiger partial charge in [0.15, 0.2) is 0 Å². The van der Waals surface area contributed by atoms with E-state index in [2.05, 4.69) is 29.2 Å². The topological polar surface area (TPSA) is 95.7 Å². The maximum atomic E-state index is 10.4. The first kappa shape index (κ1) is 23.7. The average Bonchev–Trinajstić information content (AvgIpc) is 2.39. The molecule has 0 aliphatic carbocycles. The second kappa shape index (κ2) is 14.0. The van der Waals surface area contributed by atoms with Crippen LogP contribution in [-0.2, 0) is 23.9 Å². The zero-order valence-electron chi connectivity index (χ0n) is 13.4. The number of carbonyl (C=O) groups excluding carboxylic acids is 3. The lowest BCUT2D eigenvalue weighted by molar-refractivity contribution is -0.138. The Hall–Kier alpha value is -2.37. The largest absolute Gasteiger partial charge is 0.466 e. The maximum Gasteiger partial charge on any atom is 0.333 e. The van der Waals surface area contributed by atoms with E-state index in [-0.39, 0.29) is 11.9 Å². The fourth-order valence-electron chi connectivity index (χ4n) is 0.429. The Bertz CT molecular complexity index is 398. The van der Waals surface area contributed by atoms with Gasteiger partial charge in [0.25, 0.3) is 0 Å². The lowest BCUT2D eigenvalue weighted by Crippen LogP contribution is -2.10. The van der Waals surface area contributed by atoms with Gasteiger partial charge in [0.05, 0.1) is 13.7 Å². The first-order chi connectivity index (χ1) is 9.50. The standard InChI is InChI=1S/C6H10O2.C5H8O2.C4H7NO/c1-4-8-6(7)5(2)3;1-4(2)5(6)7-3;1-3(2)4(5)6/h2,4H2,1,3H3;1H2,2-3H3;1H2,2H3,(H2,5,6). The van der Waals surface area contributed by atoms with Crippen LogP contribution in [0.5, 0.6) is 0 Å². The molecular formula is C15H25NO5. The van der Waals surface area contributed by atoms with E-state index >= 15 is 0 Å². The van der Waals surface area contributed by atoms with Gasteiger partial charge in [0.1, 0.15) is 0 Å². The van der Waals surface area contributed by atoms with Gasteiger partial charge in [-0.1, -0.05) is 19.7 Å². The van der Waals surface area contributed by atoms with Gasteiger partial charge >= 0.3 is 11.9 Å². The molecule has 120 valence electrons. The number of carbonyl (C=O) groups is 3. The lowest BCUT2D eigenvalue weighted by atomic mass is 10.3. The molecule has 6 nitrogen and oxygen atoms in total. The summed E-state index contributed by atoms with van der Waals surface area (Å²) >= 11 is 0. The van der Waals surface area contributed by atoms with E-state index in [1.807, 2.05) is 0 Å². The molecule has 0 radical (unpaired) electrons. The summed E-state index contributed by atoms with van der Waals surface area (Å²) in [7, 11) is 1.33. The summed E-state index contributed by atoms with van der Waals surface area (Å²) in [5.41, 5.74) is 5.98. The highest BCUT2D eigenvalue weighted by atomic mass is 16.5. The highest BCUT2D eigenvalue weighted by molar-refractivity contribution is 5.90. The molecule has 21 heavy (non-hydrogen) atoms. The zero-order chi connectivity index (χ0) is 17.6. The number of ether oxygens (including phenoxy) is 2. The van der Waals surface area contributed by atoms with Crippen molar-refractivity contribution in [3.8, 4) is 0 Å². The van der Waals surface area contributed by atoms with E-state index in [1.54, 1.807) is 27.7 Å². The minimum atomic E-state index is -0.435. The smallest absolute Gasteiger partial charge is 0.333 e. The molecule has 0 aliphatic heterocycles. The lowest BCUT2D eigenvalue weighted by Gasteiger charge is -1.96. The second-order valence-electron chi connectivity index (χ2n) is 3.92. The summed E-state index contributed by atoms with van der Waals surface area (Å²) in [6.07, 6.45) is 0. The molecule has 0 aromatic rings. The van der Waals surface area contributed by atoms with Gasteiger partial charge in [-0.2, -0.15) is 0 Å². The Morgan fingerprint density at radius 1 is 0.905 bits per heavy atom. The number of primary amides is 1. The minimum absolute atomic E-state index is 0.312. The van der Waals surface area contributed by atoms with Crippen LogP contribution in [0.3, 0.4) is 0 Å². The molecule has 0 aromatic carbocycles. The maximum absolute atomic E-state index is 10.4. The third-order valence-corrected chi connectivity index (χ3v) is 1.58. The molecule has 0 rings (SSSR count). The van der Waals surface area contributed by atoms with Gasteiger partial charge in [0.2, 0.25) is 5.91 Å². The van der Waals surface area contributed by atoms with Crippen LogP contribution in [0.2, 0.25) is 0 Å². The van der Waals surface area contributed by atoms with Crippen LogP contribution in [0.25, 0.3) is 0 Å². The Morgan fingerprint density at radius 2 is 1.24 bits per heavy atom. The molecule has 0 bridgehead atoms. The van der Waals surface area contributed by atoms with Gasteiger partial charge in [-0.3, -0.25) is 4.79 Å². The van der Waals surface area contributed by atoms with Crippen molar-refractivity contribution >= 4 is 17.8 Å². The van der Waals surface area contributed by atoms with Crippen molar-refractivity contribution in [2.75, 3.05) is 13.7 Å². The fourth-order valence-corrected chi connectivity index (χ4v) is 0.429. The van der Waals surface area contributed by atoms with Crippen LogP contribution in [-0.4, -0.2) is 31.6 Å². The van der Waals surface area contributed by atoms with Gasteiger partial charge in [-0.05, 0) is 27.7 Å². The van der Waals surface area contributed by atoms with Gasteiger partial charge in [-0.25, -0.2) is 9.59 Å². The van der Waals surface area contributed by atoms with E-state index < -0.39 is 5.91 Å². The van der Waals surface area contributed by atoms with Gasteiger partial charge < -0.3 is 15.2 Å². The van der Waals surface area contributed by atoms with Gasteiger partial charge in [-0.15, -0.1) is 0 Å². The number of methoxy groups -OCH3 is 1. The molecule has 0 saturated heterocycles. The average molecular weight is 299 g/mol. The third-order valence-electron chi connectivity index (χ3n) is 1.58. The van der Waals surface area contributed by atoms with Crippen LogP contribution in [0.4, 0.5) is 0 Å². The molecule has 0 aromatic heterocycles. The molecule has 6 heteroatoms. The van der Waals surface area contributed by atoms with Crippen LogP contribution < -0.4 is 5.73 Å². The highest BCUT2D eigenvalue weighted by Gasteiger charge is 1.98. The number of esters is 2. The first-order valence-corrected chi connectivity index (χ1v) is 6.02. The first-order valence-electron chi connectivity index (χ1n) is 6.02. The summed E-state index contributed by atoms with van der Waals surface area (Å²) < 4.78 is 8.84. The van der Waals surface area contributed by atoms with E-state index in [4.69, 9.17) is 5.73 Å². The molecule has 0 aliphatic rings. The van der Waals surface area contributed by atoms with Crippen molar-refractivity contribution in [2.24, 2.45) is 5.73 Å². The van der Waals surface area contributed by atoms with Crippen molar-refractivity contribution in [2.45, 2.75) is 27.7 Å². The normalized spacial score (nSPS) is 7.86. The van der Waals surface area contributed by atoms with Crippen molar-refractivity contribution in [3.05, 3.63) is 36.5 Å². The van der Waals surface area contributed by atoms with Crippen LogP contribution in [0.1, 0.15) is 27.7 Å². The molecule has 0 fully saturated rings. The molecule has 0 spiro atoms. The Morgan fingerprint density at radius 3 is 1.29 bits per heavy atom. The zero-order valence-corrected chi connectivity index (χ0v) is 13.4. The van der Waals surface area contributed by atoms with Crippen LogP contribution >= 0.6 is 0 Å². The van der Waals surface area contributed by atoms with E-state index in [9.17, 15) is 14.4 Å². The molecule has 1 amide bonds. The Labute approximate surface area is 126 Å². The summed E-state index contributed by atoms with van der Waals surface area (Å²) in [5.74, 6) is -1.09. The van der Waals surface area contributed by atoms with Gasteiger partial charge in [0, 0.05) is 16.7 Å². The molecule has 2 N–H and O–H groups in total. The SMILES string of the molecule is C=C(C)C(=O)OC.C=C(C)C(=O)OCC.C=C(C)C(N)=O. The fraction of sp³-hybridized carbons (Fsp3) is 0.400. The predicted molar refractivity (Wildman–Crippen MR) is 82.3 cm³/mol. The summed E-state index contributed by atoms with van der Waals surface area (Å²) in [6, 6.07) is 0. The van der Waals surface area contributed by atoms with E-state index in [1.165, 1.54) is 7.11 Å². The number of amides is 1. The van der Waals surface area contributed by atoms with Crippen molar-refractivity contribution in [3.63, 3.8) is 0 Å². The monoisotopic (exact) mass is 299 g/mol. The number of nitrogens with two attached hydrogens (primary N) is 1. The molecule has 0 heterocycles. The van der Waals surface area contributed by atoms with Crippen LogP contribution in [0.15, 0.2) is 36.5 Å². The summed E-state index contributed by atoms with van der Waals surface area (Å²) in [5, 5.41) is 0. The highest BCUT2D eigenvalue weighted by Crippen LogP contribution is 1.89. The van der Waals surface area contributed by atoms with E-state index in [0.29, 0.717) is 23.3 Å². The quantitative estimate of drug-likeness (QED) is 0.632. The molecule has 0 saturated carbocycles. The van der Waals surface area contributed by atoms with Crippen molar-refractivity contribution in [1.29, 1.82) is 0 Å². The molecule has 0 unspecified atom stereocenters. The van der Waals surface area contributed by atoms with Crippen molar-refractivity contribution in [1.82, 2.24) is 0 Å². The number of hydrogen-bond donors (Lipinski definition) is 1. The second-order valence-corrected chi connectivity index (χ2v) is 3.92. The molecular weight excluding hydrogens is 274 g/mol. The number of rotatable bonds is 4. The Kier molecular flexibility index (Phi) is 15.9. The predicted octanol–water partition coefficient (Wildman–Crippen LogP) is 1.91.